The summed E-state index contributed by atoms with van der Waals surface area (Å²) >= 11 is 0. The average Bonchev–Trinajstić information content (AvgIpc) is 2.70. The Kier molecular flexibility index (Phi) is 13.8. The molecule has 3 amide bonds. The van der Waals surface area contributed by atoms with Crippen LogP contribution in [0.25, 0.3) is 0 Å². The van der Waals surface area contributed by atoms with E-state index in [4.69, 9.17) is 27.4 Å². The molecule has 14 nitrogen and oxygen atoms in total. The van der Waals surface area contributed by atoms with Crippen LogP contribution in [0.1, 0.15) is 46.0 Å². The minimum atomic E-state index is -1.26. The highest BCUT2D eigenvalue weighted by Gasteiger charge is 2.28. The molecule has 0 aromatic rings. The van der Waals surface area contributed by atoms with E-state index in [0.29, 0.717) is 6.42 Å². The molecule has 0 aliphatic carbocycles. The monoisotopic (exact) mass is 473 g/mol. The molecule has 0 aromatic carbocycles. The van der Waals surface area contributed by atoms with Gasteiger partial charge in [-0.05, 0) is 31.6 Å². The second kappa shape index (κ2) is 15.4. The van der Waals surface area contributed by atoms with Crippen molar-refractivity contribution < 1.29 is 34.2 Å². The van der Waals surface area contributed by atoms with Crippen molar-refractivity contribution in [2.24, 2.45) is 28.1 Å². The van der Waals surface area contributed by atoms with Crippen LogP contribution in [-0.2, 0) is 24.0 Å². The summed E-state index contributed by atoms with van der Waals surface area (Å²) in [5.41, 5.74) is 16.2. The Balaban J connectivity index is 5.30. The van der Waals surface area contributed by atoms with Gasteiger partial charge in [-0.3, -0.25) is 29.0 Å². The molecule has 0 bridgehead atoms. The normalized spacial score (nSPS) is 13.3. The number of nitrogens with two attached hydrogens (primary N) is 3. The van der Waals surface area contributed by atoms with Crippen molar-refractivity contribution in [1.29, 1.82) is 0 Å². The molecule has 11 N–H and O–H groups in total. The van der Waals surface area contributed by atoms with E-state index in [0.717, 1.165) is 0 Å². The third-order valence-corrected chi connectivity index (χ3v) is 4.34. The zero-order valence-electron chi connectivity index (χ0n) is 18.9. The lowest BCUT2D eigenvalue weighted by Gasteiger charge is -2.25. The fourth-order valence-corrected chi connectivity index (χ4v) is 2.72. The highest BCUT2D eigenvalue weighted by atomic mass is 16.4. The first kappa shape index (κ1) is 29.6. The maximum atomic E-state index is 12.9. The van der Waals surface area contributed by atoms with Gasteiger partial charge in [0, 0.05) is 13.0 Å². The van der Waals surface area contributed by atoms with Crippen molar-refractivity contribution in [3.63, 3.8) is 0 Å². The topological polar surface area (TPSA) is 252 Å². The van der Waals surface area contributed by atoms with Crippen molar-refractivity contribution in [1.82, 2.24) is 16.0 Å². The van der Waals surface area contributed by atoms with Gasteiger partial charge in [0.05, 0.1) is 6.04 Å². The maximum absolute atomic E-state index is 12.9. The van der Waals surface area contributed by atoms with Gasteiger partial charge in [0.15, 0.2) is 5.96 Å². The molecule has 3 atom stereocenters. The lowest BCUT2D eigenvalue weighted by atomic mass is 10.0. The molecule has 0 spiro atoms. The third kappa shape index (κ3) is 14.3. The van der Waals surface area contributed by atoms with Crippen LogP contribution in [0.3, 0.4) is 0 Å². The first-order valence-corrected chi connectivity index (χ1v) is 10.5. The smallest absolute Gasteiger partial charge is 0.322 e. The Morgan fingerprint density at radius 2 is 1.48 bits per heavy atom. The summed E-state index contributed by atoms with van der Waals surface area (Å²) in [5, 5.41) is 24.7. The number of nitrogens with one attached hydrogen (secondary N) is 3. The number of nitrogens with zero attached hydrogens (tertiary/aromatic N) is 1. The van der Waals surface area contributed by atoms with E-state index in [1.807, 2.05) is 13.8 Å². The van der Waals surface area contributed by atoms with Crippen molar-refractivity contribution in [2.75, 3.05) is 13.1 Å². The molecular weight excluding hydrogens is 438 g/mol. The molecule has 33 heavy (non-hydrogen) atoms. The van der Waals surface area contributed by atoms with Gasteiger partial charge in [0.2, 0.25) is 17.7 Å². The predicted molar refractivity (Wildman–Crippen MR) is 119 cm³/mol. The molecule has 0 fully saturated rings. The SMILES string of the molecule is CC(C)CC(NC(=O)C(N)CCC(=O)O)C(=O)NC(CCCN=C(N)N)C(=O)NCC(=O)O. The molecule has 3 unspecified atom stereocenters. The zero-order chi connectivity index (χ0) is 25.6. The minimum absolute atomic E-state index is 0.0163. The van der Waals surface area contributed by atoms with E-state index in [2.05, 4.69) is 20.9 Å². The molecule has 0 radical (unpaired) electrons. The van der Waals surface area contributed by atoms with Gasteiger partial charge in [0.25, 0.3) is 0 Å². The number of guanidine groups is 1. The van der Waals surface area contributed by atoms with Gasteiger partial charge in [-0.1, -0.05) is 13.8 Å². The van der Waals surface area contributed by atoms with Gasteiger partial charge in [-0.25, -0.2) is 0 Å². The van der Waals surface area contributed by atoms with E-state index in [1.165, 1.54) is 0 Å². The molecule has 0 rings (SSSR count). The Morgan fingerprint density at radius 3 is 2.00 bits per heavy atom. The van der Waals surface area contributed by atoms with Crippen molar-refractivity contribution in [2.45, 2.75) is 64.1 Å². The lowest BCUT2D eigenvalue weighted by molar-refractivity contribution is -0.139. The standard InChI is InChI=1S/C19H35N7O7/c1-10(2)8-13(26-16(31)11(20)5-6-14(27)28)18(33)25-12(4-3-7-23-19(21)22)17(32)24-9-15(29)30/h10-13H,3-9,20H2,1-2H3,(H,24,32)(H,25,33)(H,26,31)(H,27,28)(H,29,30)(H4,21,22,23). The highest BCUT2D eigenvalue weighted by molar-refractivity contribution is 5.93. The molecule has 0 saturated heterocycles. The average molecular weight is 474 g/mol. The Labute approximate surface area is 191 Å². The lowest BCUT2D eigenvalue weighted by Crippen LogP contribution is -2.56. The predicted octanol–water partition coefficient (Wildman–Crippen LogP) is -2.55. The zero-order valence-corrected chi connectivity index (χ0v) is 18.9. The number of amides is 3. The molecule has 0 saturated carbocycles. The van der Waals surface area contributed by atoms with Crippen molar-refractivity contribution >= 4 is 35.6 Å². The van der Waals surface area contributed by atoms with E-state index < -0.39 is 54.3 Å². The van der Waals surface area contributed by atoms with Crippen LogP contribution in [0.4, 0.5) is 0 Å². The number of carboxylic acids is 2. The van der Waals surface area contributed by atoms with Gasteiger partial charge in [0.1, 0.15) is 18.6 Å². The summed E-state index contributed by atoms with van der Waals surface area (Å²) < 4.78 is 0. The van der Waals surface area contributed by atoms with Gasteiger partial charge < -0.3 is 43.4 Å². The van der Waals surface area contributed by atoms with E-state index in [9.17, 15) is 24.0 Å². The fourth-order valence-electron chi connectivity index (χ4n) is 2.72. The van der Waals surface area contributed by atoms with Crippen LogP contribution in [-0.4, -0.2) is 77.0 Å². The largest absolute Gasteiger partial charge is 0.481 e. The second-order valence-corrected chi connectivity index (χ2v) is 7.85. The Hall–Kier alpha value is -3.42. The number of hydrogen-bond donors (Lipinski definition) is 8. The summed E-state index contributed by atoms with van der Waals surface area (Å²) in [7, 11) is 0. The summed E-state index contributed by atoms with van der Waals surface area (Å²) in [4.78, 5) is 62.8. The fraction of sp³-hybridized carbons (Fsp3) is 0.684. The summed E-state index contributed by atoms with van der Waals surface area (Å²) in [5.74, 6) is -4.60. The van der Waals surface area contributed by atoms with Crippen LogP contribution in [0, 0.1) is 5.92 Å². The quantitative estimate of drug-likeness (QED) is 0.0661. The number of hydrogen-bond acceptors (Lipinski definition) is 7. The number of carbonyl (C=O) groups is 5. The van der Waals surface area contributed by atoms with Crippen LogP contribution in [0.2, 0.25) is 0 Å². The Morgan fingerprint density at radius 1 is 0.879 bits per heavy atom. The number of carbonyl (C=O) groups excluding carboxylic acids is 3. The van der Waals surface area contributed by atoms with Crippen molar-refractivity contribution in [3.8, 4) is 0 Å². The number of carboxylic acid groups (broad SMARTS) is 2. The minimum Gasteiger partial charge on any atom is -0.481 e. The Bertz CT molecular complexity index is 723. The first-order valence-electron chi connectivity index (χ1n) is 10.5. The van der Waals surface area contributed by atoms with E-state index in [1.54, 1.807) is 0 Å². The molecule has 188 valence electrons. The van der Waals surface area contributed by atoms with Crippen LogP contribution < -0.4 is 33.2 Å². The van der Waals surface area contributed by atoms with Crippen LogP contribution >= 0.6 is 0 Å². The second-order valence-electron chi connectivity index (χ2n) is 7.85. The summed E-state index contributed by atoms with van der Waals surface area (Å²) in [6.07, 6.45) is 0.221. The van der Waals surface area contributed by atoms with Crippen LogP contribution in [0.15, 0.2) is 4.99 Å². The number of aliphatic imine (C=N–C) groups is 1. The van der Waals surface area contributed by atoms with Crippen LogP contribution in [0.5, 0.6) is 0 Å². The van der Waals surface area contributed by atoms with Gasteiger partial charge in [-0.15, -0.1) is 0 Å². The molecule has 14 heteroatoms. The summed E-state index contributed by atoms with van der Waals surface area (Å²) in [6, 6.07) is -3.27. The van der Waals surface area contributed by atoms with Gasteiger partial charge in [-0.2, -0.15) is 0 Å². The van der Waals surface area contributed by atoms with E-state index >= 15 is 0 Å². The van der Waals surface area contributed by atoms with Gasteiger partial charge >= 0.3 is 11.9 Å². The van der Waals surface area contributed by atoms with E-state index in [-0.39, 0.29) is 44.1 Å². The first-order chi connectivity index (χ1) is 15.3. The molecule has 0 aromatic heterocycles. The molecule has 0 aliphatic rings. The molecule has 0 aliphatic heterocycles. The maximum Gasteiger partial charge on any atom is 0.322 e. The number of aliphatic carboxylic acids is 2. The number of rotatable bonds is 16. The third-order valence-electron chi connectivity index (χ3n) is 4.34. The van der Waals surface area contributed by atoms with Crippen molar-refractivity contribution in [3.05, 3.63) is 0 Å². The summed E-state index contributed by atoms with van der Waals surface area (Å²) in [6.45, 7) is 3.20. The molecular formula is C19H35N7O7. The molecule has 0 heterocycles. The highest BCUT2D eigenvalue weighted by Crippen LogP contribution is 2.08.